The minimum atomic E-state index is -4.43. The second kappa shape index (κ2) is 8.09. The predicted molar refractivity (Wildman–Crippen MR) is 99.8 cm³/mol. The van der Waals surface area contributed by atoms with Gasteiger partial charge in [-0.3, -0.25) is 14.9 Å². The molecule has 11 heteroatoms. The van der Waals surface area contributed by atoms with Gasteiger partial charge in [-0.25, -0.2) is 10.0 Å². The molecule has 0 bridgehead atoms. The SMILES string of the molecule is Cc1cc(CN2N=NN(C(C)c3ccc(C(F)(F)F)cc3)C2C=O)ccc1[N+](=O)[O-]. The molecule has 2 atom stereocenters. The molecule has 2 aromatic carbocycles. The van der Waals surface area contributed by atoms with E-state index in [9.17, 15) is 28.1 Å². The van der Waals surface area contributed by atoms with E-state index in [1.165, 1.54) is 28.2 Å². The van der Waals surface area contributed by atoms with Crippen LogP contribution in [-0.4, -0.2) is 27.4 Å². The lowest BCUT2D eigenvalue weighted by atomic mass is 10.0. The first-order valence-corrected chi connectivity index (χ1v) is 8.94. The number of hydrogen-bond acceptors (Lipinski definition) is 7. The van der Waals surface area contributed by atoms with Crippen molar-refractivity contribution in [3.63, 3.8) is 0 Å². The molecule has 158 valence electrons. The molecule has 0 radical (unpaired) electrons. The number of alkyl halides is 3. The monoisotopic (exact) mass is 421 g/mol. The van der Waals surface area contributed by atoms with Crippen LogP contribution in [0, 0.1) is 17.0 Å². The highest BCUT2D eigenvalue weighted by molar-refractivity contribution is 5.57. The Morgan fingerprint density at radius 3 is 2.40 bits per heavy atom. The fourth-order valence-electron chi connectivity index (χ4n) is 3.22. The number of carbonyl (C=O) groups is 1. The highest BCUT2D eigenvalue weighted by Crippen LogP contribution is 2.33. The van der Waals surface area contributed by atoms with E-state index in [0.29, 0.717) is 23.0 Å². The smallest absolute Gasteiger partial charge is 0.299 e. The molecule has 0 N–H and O–H groups in total. The summed E-state index contributed by atoms with van der Waals surface area (Å²) in [6.07, 6.45) is -4.66. The zero-order chi connectivity index (χ0) is 22.1. The highest BCUT2D eigenvalue weighted by Gasteiger charge is 2.34. The lowest BCUT2D eigenvalue weighted by molar-refractivity contribution is -0.385. The maximum atomic E-state index is 12.8. The molecule has 3 rings (SSSR count). The largest absolute Gasteiger partial charge is 0.416 e. The van der Waals surface area contributed by atoms with E-state index in [0.717, 1.165) is 12.1 Å². The number of rotatable bonds is 6. The fraction of sp³-hybridized carbons (Fsp3) is 0.316. The third kappa shape index (κ3) is 4.24. The first-order valence-electron chi connectivity index (χ1n) is 8.94. The van der Waals surface area contributed by atoms with Gasteiger partial charge < -0.3 is 0 Å². The third-order valence-corrected chi connectivity index (χ3v) is 4.88. The van der Waals surface area contributed by atoms with Crippen molar-refractivity contribution in [2.45, 2.75) is 38.8 Å². The number of aryl methyl sites for hydroxylation is 1. The van der Waals surface area contributed by atoms with Crippen LogP contribution in [0.25, 0.3) is 0 Å². The summed E-state index contributed by atoms with van der Waals surface area (Å²) in [5.74, 6) is 0. The van der Waals surface area contributed by atoms with Gasteiger partial charge in [-0.05, 0) is 43.2 Å². The Bertz CT molecular complexity index is 978. The summed E-state index contributed by atoms with van der Waals surface area (Å²) >= 11 is 0. The lowest BCUT2D eigenvalue weighted by Crippen LogP contribution is -2.40. The second-order valence-corrected chi connectivity index (χ2v) is 6.88. The average molecular weight is 421 g/mol. The molecular weight excluding hydrogens is 403 g/mol. The van der Waals surface area contributed by atoms with Crippen LogP contribution in [0.2, 0.25) is 0 Å². The van der Waals surface area contributed by atoms with Gasteiger partial charge in [0.25, 0.3) is 5.69 Å². The minimum absolute atomic E-state index is 0.00807. The summed E-state index contributed by atoms with van der Waals surface area (Å²) in [6.45, 7) is 3.50. The summed E-state index contributed by atoms with van der Waals surface area (Å²) < 4.78 is 38.3. The molecule has 0 amide bonds. The second-order valence-electron chi connectivity index (χ2n) is 6.88. The molecule has 0 fully saturated rings. The number of hydrogen-bond donors (Lipinski definition) is 0. The average Bonchev–Trinajstić information content (AvgIpc) is 3.09. The van der Waals surface area contributed by atoms with Gasteiger partial charge >= 0.3 is 6.18 Å². The zero-order valence-corrected chi connectivity index (χ0v) is 16.1. The van der Waals surface area contributed by atoms with Crippen molar-refractivity contribution < 1.29 is 22.9 Å². The van der Waals surface area contributed by atoms with Gasteiger partial charge in [-0.2, -0.15) is 13.2 Å². The quantitative estimate of drug-likeness (QED) is 0.386. The van der Waals surface area contributed by atoms with Crippen molar-refractivity contribution in [2.75, 3.05) is 0 Å². The highest BCUT2D eigenvalue weighted by atomic mass is 19.4. The summed E-state index contributed by atoms with van der Waals surface area (Å²) in [6, 6.07) is 8.73. The van der Waals surface area contributed by atoms with E-state index in [4.69, 9.17) is 0 Å². The van der Waals surface area contributed by atoms with Crippen LogP contribution < -0.4 is 0 Å². The van der Waals surface area contributed by atoms with Crippen molar-refractivity contribution in [3.05, 3.63) is 74.8 Å². The molecule has 1 aliphatic rings. The van der Waals surface area contributed by atoms with Crippen LogP contribution in [0.1, 0.15) is 35.2 Å². The molecule has 8 nitrogen and oxygen atoms in total. The van der Waals surface area contributed by atoms with E-state index in [2.05, 4.69) is 10.4 Å². The molecule has 0 spiro atoms. The van der Waals surface area contributed by atoms with Gasteiger partial charge in [0.05, 0.1) is 23.1 Å². The Hall–Kier alpha value is -3.50. The van der Waals surface area contributed by atoms with Crippen molar-refractivity contribution in [3.8, 4) is 0 Å². The number of nitrogens with zero attached hydrogens (tertiary/aromatic N) is 5. The van der Waals surface area contributed by atoms with Crippen LogP contribution in [0.3, 0.4) is 0 Å². The van der Waals surface area contributed by atoms with Gasteiger partial charge in [-0.15, -0.1) is 0 Å². The zero-order valence-electron chi connectivity index (χ0n) is 16.1. The minimum Gasteiger partial charge on any atom is -0.299 e. The van der Waals surface area contributed by atoms with Gasteiger partial charge in [0.15, 0.2) is 12.5 Å². The predicted octanol–water partition coefficient (Wildman–Crippen LogP) is 4.61. The third-order valence-electron chi connectivity index (χ3n) is 4.88. The summed E-state index contributed by atoms with van der Waals surface area (Å²) in [5.41, 5.74) is 0.955. The van der Waals surface area contributed by atoms with Crippen molar-refractivity contribution >= 4 is 12.0 Å². The Morgan fingerprint density at radius 1 is 1.20 bits per heavy atom. The number of halogens is 3. The number of benzene rings is 2. The van der Waals surface area contributed by atoms with E-state index < -0.39 is 28.9 Å². The van der Waals surface area contributed by atoms with E-state index >= 15 is 0 Å². The number of nitro benzene ring substituents is 1. The first kappa shape index (κ1) is 21.2. The maximum absolute atomic E-state index is 12.8. The molecule has 0 aliphatic carbocycles. The van der Waals surface area contributed by atoms with Crippen LogP contribution in [0.15, 0.2) is 52.9 Å². The summed E-state index contributed by atoms with van der Waals surface area (Å²) in [4.78, 5) is 22.2. The van der Waals surface area contributed by atoms with Crippen molar-refractivity contribution in [1.82, 2.24) is 10.0 Å². The Balaban J connectivity index is 1.75. The first-order chi connectivity index (χ1) is 14.1. The van der Waals surface area contributed by atoms with Crippen molar-refractivity contribution in [2.24, 2.45) is 10.4 Å². The Labute approximate surface area is 169 Å². The molecule has 1 heterocycles. The molecular formula is C19H18F3N5O3. The Kier molecular flexibility index (Phi) is 5.72. The number of aldehydes is 1. The van der Waals surface area contributed by atoms with Crippen LogP contribution in [0.5, 0.6) is 0 Å². The molecule has 0 aromatic heterocycles. The van der Waals surface area contributed by atoms with E-state index in [-0.39, 0.29) is 12.2 Å². The van der Waals surface area contributed by atoms with E-state index in [1.54, 1.807) is 26.0 Å². The van der Waals surface area contributed by atoms with E-state index in [1.807, 2.05) is 0 Å². The van der Waals surface area contributed by atoms with Crippen LogP contribution >= 0.6 is 0 Å². The summed E-state index contributed by atoms with van der Waals surface area (Å²) in [7, 11) is 0. The molecule has 2 aromatic rings. The fourth-order valence-corrected chi connectivity index (χ4v) is 3.22. The number of carbonyl (C=O) groups excluding carboxylic acids is 1. The standard InChI is InChI=1S/C19H18F3N5O3/c1-12-9-14(3-8-17(12)27(29)30)10-25-18(11-28)26(24-23-25)13(2)15-4-6-16(7-5-15)19(20,21)22/h3-9,11,13,18H,10H2,1-2H3. The van der Waals surface area contributed by atoms with Gasteiger partial charge in [0, 0.05) is 11.6 Å². The molecule has 0 saturated carbocycles. The molecule has 2 unspecified atom stereocenters. The molecule has 30 heavy (non-hydrogen) atoms. The van der Waals surface area contributed by atoms with Crippen LogP contribution in [-0.2, 0) is 17.5 Å². The maximum Gasteiger partial charge on any atom is 0.416 e. The number of nitro groups is 1. The molecule has 0 saturated heterocycles. The molecule has 1 aliphatic heterocycles. The van der Waals surface area contributed by atoms with Crippen molar-refractivity contribution in [1.29, 1.82) is 0 Å². The lowest BCUT2D eigenvalue weighted by Gasteiger charge is -2.28. The van der Waals surface area contributed by atoms with Gasteiger partial charge in [-0.1, -0.05) is 28.6 Å². The van der Waals surface area contributed by atoms with Gasteiger partial charge in [0.1, 0.15) is 0 Å². The van der Waals surface area contributed by atoms with Gasteiger partial charge in [0.2, 0.25) is 0 Å². The summed E-state index contributed by atoms with van der Waals surface area (Å²) in [5, 5.41) is 21.8. The van der Waals surface area contributed by atoms with Crippen LogP contribution in [0.4, 0.5) is 18.9 Å². The Morgan fingerprint density at radius 2 is 1.87 bits per heavy atom. The normalized spacial score (nSPS) is 17.3. The topological polar surface area (TPSA) is 91.4 Å².